The molecule has 1 unspecified atom stereocenters. The van der Waals surface area contributed by atoms with E-state index < -0.39 is 6.04 Å². The summed E-state index contributed by atoms with van der Waals surface area (Å²) in [6.07, 6.45) is 0. The molecule has 1 aliphatic rings. The number of carbonyl (C=O) groups is 1. The van der Waals surface area contributed by atoms with Crippen LogP contribution in [0.3, 0.4) is 0 Å². The predicted octanol–water partition coefficient (Wildman–Crippen LogP) is 0.523. The minimum Gasteiger partial charge on any atom is -0.379 e. The number of morpholine rings is 1. The molecule has 1 amide bonds. The first-order valence-corrected chi connectivity index (χ1v) is 7.08. The highest BCUT2D eigenvalue weighted by Gasteiger charge is 2.19. The van der Waals surface area contributed by atoms with E-state index in [1.165, 1.54) is 0 Å². The molecule has 3 N–H and O–H groups in total. The third kappa shape index (κ3) is 4.30. The van der Waals surface area contributed by atoms with Crippen molar-refractivity contribution >= 4 is 5.91 Å². The number of nitrogens with zero attached hydrogens (tertiary/aromatic N) is 1. The number of ether oxygens (including phenoxy) is 1. The number of rotatable bonds is 5. The monoisotopic (exact) mass is 277 g/mol. The second kappa shape index (κ2) is 7.38. The molecule has 1 aromatic rings. The molecule has 0 aliphatic carbocycles. The van der Waals surface area contributed by atoms with Gasteiger partial charge >= 0.3 is 0 Å². The highest BCUT2D eigenvalue weighted by Crippen LogP contribution is 2.09. The van der Waals surface area contributed by atoms with Crippen LogP contribution in [0.4, 0.5) is 0 Å². The van der Waals surface area contributed by atoms with Crippen molar-refractivity contribution in [2.45, 2.75) is 19.0 Å². The van der Waals surface area contributed by atoms with Crippen LogP contribution in [0.5, 0.6) is 0 Å². The maximum absolute atomic E-state index is 12.1. The fourth-order valence-electron chi connectivity index (χ4n) is 2.36. The lowest BCUT2D eigenvalue weighted by Gasteiger charge is -2.29. The highest BCUT2D eigenvalue weighted by atomic mass is 16.5. The van der Waals surface area contributed by atoms with Crippen LogP contribution in [0.25, 0.3) is 0 Å². The number of nitrogens with one attached hydrogen (secondary N) is 1. The van der Waals surface area contributed by atoms with Gasteiger partial charge in [0.15, 0.2) is 0 Å². The Morgan fingerprint density at radius 3 is 2.65 bits per heavy atom. The fourth-order valence-corrected chi connectivity index (χ4v) is 2.36. The quantitative estimate of drug-likeness (QED) is 0.823. The van der Waals surface area contributed by atoms with Crippen LogP contribution in [0, 0.1) is 0 Å². The van der Waals surface area contributed by atoms with Gasteiger partial charge in [0, 0.05) is 25.7 Å². The van der Waals surface area contributed by atoms with E-state index in [-0.39, 0.29) is 11.9 Å². The van der Waals surface area contributed by atoms with Gasteiger partial charge in [-0.15, -0.1) is 0 Å². The summed E-state index contributed by atoms with van der Waals surface area (Å²) >= 11 is 0. The van der Waals surface area contributed by atoms with Gasteiger partial charge in [0.05, 0.1) is 13.2 Å². The lowest BCUT2D eigenvalue weighted by molar-refractivity contribution is -0.123. The van der Waals surface area contributed by atoms with Crippen molar-refractivity contribution in [1.29, 1.82) is 0 Å². The van der Waals surface area contributed by atoms with E-state index in [4.69, 9.17) is 10.5 Å². The average Bonchev–Trinajstić information content (AvgIpc) is 2.48. The Kier molecular flexibility index (Phi) is 5.52. The standard InChI is InChI=1S/C15H23N3O2/c1-12(11-18-7-9-20-10-8-18)17-15(19)14(16)13-5-3-2-4-6-13/h2-6,12,14H,7-11,16H2,1H3,(H,17,19)/t12?,14-/m1/s1. The topological polar surface area (TPSA) is 67.6 Å². The molecular formula is C15H23N3O2. The Bertz CT molecular complexity index is 418. The van der Waals surface area contributed by atoms with Crippen molar-refractivity contribution in [2.75, 3.05) is 32.8 Å². The van der Waals surface area contributed by atoms with Gasteiger partial charge in [-0.05, 0) is 12.5 Å². The summed E-state index contributed by atoms with van der Waals surface area (Å²) in [6, 6.07) is 8.90. The number of hydrogen-bond acceptors (Lipinski definition) is 4. The first-order valence-electron chi connectivity index (χ1n) is 7.08. The average molecular weight is 277 g/mol. The molecular weight excluding hydrogens is 254 g/mol. The van der Waals surface area contributed by atoms with Crippen molar-refractivity contribution in [2.24, 2.45) is 5.73 Å². The molecule has 0 aromatic heterocycles. The second-order valence-electron chi connectivity index (χ2n) is 5.21. The van der Waals surface area contributed by atoms with Crippen LogP contribution in [0.15, 0.2) is 30.3 Å². The largest absolute Gasteiger partial charge is 0.379 e. The molecule has 1 fully saturated rings. The summed E-state index contributed by atoms with van der Waals surface area (Å²) in [5.41, 5.74) is 6.81. The molecule has 0 spiro atoms. The molecule has 1 aliphatic heterocycles. The minimum absolute atomic E-state index is 0.0790. The number of nitrogens with two attached hydrogens (primary N) is 1. The van der Waals surface area contributed by atoms with E-state index in [9.17, 15) is 4.79 Å². The summed E-state index contributed by atoms with van der Waals surface area (Å²) in [6.45, 7) is 6.21. The molecule has 20 heavy (non-hydrogen) atoms. The Morgan fingerprint density at radius 2 is 2.00 bits per heavy atom. The van der Waals surface area contributed by atoms with Crippen LogP contribution in [-0.4, -0.2) is 49.7 Å². The molecule has 2 rings (SSSR count). The van der Waals surface area contributed by atoms with Gasteiger partial charge < -0.3 is 15.8 Å². The highest BCUT2D eigenvalue weighted by molar-refractivity contribution is 5.83. The number of benzene rings is 1. The van der Waals surface area contributed by atoms with Gasteiger partial charge in [0.2, 0.25) is 5.91 Å². The molecule has 5 heteroatoms. The van der Waals surface area contributed by atoms with E-state index in [1.807, 2.05) is 37.3 Å². The van der Waals surface area contributed by atoms with Crippen molar-refractivity contribution in [3.63, 3.8) is 0 Å². The third-order valence-corrected chi connectivity index (χ3v) is 3.47. The summed E-state index contributed by atoms with van der Waals surface area (Å²) in [4.78, 5) is 14.4. The zero-order valence-corrected chi connectivity index (χ0v) is 11.9. The first kappa shape index (κ1) is 15.0. The number of carbonyl (C=O) groups excluding carboxylic acids is 1. The third-order valence-electron chi connectivity index (χ3n) is 3.47. The predicted molar refractivity (Wildman–Crippen MR) is 78.2 cm³/mol. The molecule has 0 radical (unpaired) electrons. The van der Waals surface area contributed by atoms with Crippen LogP contribution in [-0.2, 0) is 9.53 Å². The molecule has 1 saturated heterocycles. The lowest BCUT2D eigenvalue weighted by Crippen LogP contribution is -2.47. The van der Waals surface area contributed by atoms with Crippen LogP contribution in [0.2, 0.25) is 0 Å². The Balaban J connectivity index is 1.81. The van der Waals surface area contributed by atoms with Gasteiger partial charge in [0.1, 0.15) is 6.04 Å². The van der Waals surface area contributed by atoms with Gasteiger partial charge in [-0.1, -0.05) is 30.3 Å². The second-order valence-corrected chi connectivity index (χ2v) is 5.21. The van der Waals surface area contributed by atoms with Crippen LogP contribution < -0.4 is 11.1 Å². The lowest BCUT2D eigenvalue weighted by atomic mass is 10.1. The van der Waals surface area contributed by atoms with Gasteiger partial charge in [-0.25, -0.2) is 0 Å². The van der Waals surface area contributed by atoms with Crippen molar-refractivity contribution in [1.82, 2.24) is 10.2 Å². The zero-order chi connectivity index (χ0) is 14.4. The maximum atomic E-state index is 12.1. The summed E-state index contributed by atoms with van der Waals surface area (Å²) < 4.78 is 5.31. The van der Waals surface area contributed by atoms with Gasteiger partial charge in [-0.3, -0.25) is 9.69 Å². The van der Waals surface area contributed by atoms with Crippen molar-refractivity contribution in [3.8, 4) is 0 Å². The van der Waals surface area contributed by atoms with Crippen molar-refractivity contribution < 1.29 is 9.53 Å². The van der Waals surface area contributed by atoms with E-state index in [1.54, 1.807) is 0 Å². The van der Waals surface area contributed by atoms with E-state index in [2.05, 4.69) is 10.2 Å². The Hall–Kier alpha value is -1.43. The normalized spacial score (nSPS) is 19.3. The number of hydrogen-bond donors (Lipinski definition) is 2. The van der Waals surface area contributed by atoms with Crippen LogP contribution >= 0.6 is 0 Å². The molecule has 1 aromatic carbocycles. The summed E-state index contributed by atoms with van der Waals surface area (Å²) in [5.74, 6) is -0.128. The van der Waals surface area contributed by atoms with E-state index in [0.717, 1.165) is 38.4 Å². The SMILES string of the molecule is CC(CN1CCOCC1)NC(=O)[C@H](N)c1ccccc1. The minimum atomic E-state index is -0.608. The van der Waals surface area contributed by atoms with E-state index in [0.29, 0.717) is 0 Å². The van der Waals surface area contributed by atoms with Crippen molar-refractivity contribution in [3.05, 3.63) is 35.9 Å². The Labute approximate surface area is 120 Å². The molecule has 0 saturated carbocycles. The number of amides is 1. The maximum Gasteiger partial charge on any atom is 0.241 e. The fraction of sp³-hybridized carbons (Fsp3) is 0.533. The van der Waals surface area contributed by atoms with Crippen LogP contribution in [0.1, 0.15) is 18.5 Å². The summed E-state index contributed by atoms with van der Waals surface area (Å²) in [5, 5.41) is 2.98. The molecule has 1 heterocycles. The van der Waals surface area contributed by atoms with E-state index >= 15 is 0 Å². The first-order chi connectivity index (χ1) is 9.66. The van der Waals surface area contributed by atoms with Gasteiger partial charge in [-0.2, -0.15) is 0 Å². The van der Waals surface area contributed by atoms with Gasteiger partial charge in [0.25, 0.3) is 0 Å². The zero-order valence-electron chi connectivity index (χ0n) is 11.9. The Morgan fingerprint density at radius 1 is 1.35 bits per heavy atom. The molecule has 0 bridgehead atoms. The molecule has 2 atom stereocenters. The molecule has 5 nitrogen and oxygen atoms in total. The summed E-state index contributed by atoms with van der Waals surface area (Å²) in [7, 11) is 0. The molecule has 110 valence electrons. The smallest absolute Gasteiger partial charge is 0.241 e.